The molecule has 33 heavy (non-hydrogen) atoms. The van der Waals surface area contributed by atoms with E-state index in [0.29, 0.717) is 29.6 Å². The molecule has 10 heteroatoms. The summed E-state index contributed by atoms with van der Waals surface area (Å²) in [7, 11) is 3.16. The summed E-state index contributed by atoms with van der Waals surface area (Å²) in [6.07, 6.45) is 4.95. The zero-order valence-electron chi connectivity index (χ0n) is 18.4. The number of hydrogen-bond acceptors (Lipinski definition) is 5. The van der Waals surface area contributed by atoms with E-state index in [1.807, 2.05) is 18.5 Å². The molecule has 0 aliphatic carbocycles. The summed E-state index contributed by atoms with van der Waals surface area (Å²) >= 11 is 0. The number of carbonyl (C=O) groups is 2. The highest BCUT2D eigenvalue weighted by Gasteiger charge is 2.19. The van der Waals surface area contributed by atoms with Crippen molar-refractivity contribution in [2.45, 2.75) is 20.0 Å². The highest BCUT2D eigenvalue weighted by molar-refractivity contribution is 6.08. The third-order valence-electron chi connectivity index (χ3n) is 5.48. The average molecular weight is 450 g/mol. The van der Waals surface area contributed by atoms with E-state index in [-0.39, 0.29) is 17.4 Å². The number of aromatic nitrogens is 4. The Bertz CT molecular complexity index is 1330. The van der Waals surface area contributed by atoms with Crippen LogP contribution in [0.3, 0.4) is 0 Å². The molecule has 2 N–H and O–H groups in total. The number of halogens is 1. The van der Waals surface area contributed by atoms with Crippen LogP contribution in [0, 0.1) is 12.7 Å². The number of benzene rings is 1. The summed E-state index contributed by atoms with van der Waals surface area (Å²) in [5, 5.41) is 7.68. The van der Waals surface area contributed by atoms with Gasteiger partial charge >= 0.3 is 0 Å². The lowest BCUT2D eigenvalue weighted by atomic mass is 10.1. The molecule has 1 aromatic carbocycles. The number of aryl methyl sites for hydroxylation is 1. The molecule has 4 rings (SSSR count). The number of amides is 2. The smallest absolute Gasteiger partial charge is 0.293 e. The van der Waals surface area contributed by atoms with Crippen LogP contribution >= 0.6 is 0 Å². The van der Waals surface area contributed by atoms with Gasteiger partial charge in [0.25, 0.3) is 11.8 Å². The van der Waals surface area contributed by atoms with E-state index >= 15 is 0 Å². The van der Waals surface area contributed by atoms with E-state index < -0.39 is 5.91 Å². The van der Waals surface area contributed by atoms with Crippen LogP contribution in [0.2, 0.25) is 0 Å². The van der Waals surface area contributed by atoms with Crippen molar-refractivity contribution in [3.8, 4) is 0 Å². The van der Waals surface area contributed by atoms with Gasteiger partial charge in [-0.2, -0.15) is 5.10 Å². The van der Waals surface area contributed by atoms with E-state index in [0.717, 1.165) is 16.8 Å². The molecule has 4 aromatic rings. The Labute approximate surface area is 189 Å². The van der Waals surface area contributed by atoms with Crippen molar-refractivity contribution in [1.29, 1.82) is 0 Å². The van der Waals surface area contributed by atoms with Gasteiger partial charge in [-0.25, -0.2) is 14.9 Å². The maximum absolute atomic E-state index is 13.3. The molecule has 2 amide bonds. The summed E-state index contributed by atoms with van der Waals surface area (Å²) in [4.78, 5) is 34.2. The van der Waals surface area contributed by atoms with Crippen molar-refractivity contribution >= 4 is 22.7 Å². The first-order chi connectivity index (χ1) is 15.9. The van der Waals surface area contributed by atoms with Crippen LogP contribution in [-0.4, -0.2) is 38.3 Å². The van der Waals surface area contributed by atoms with Crippen LogP contribution in [0.25, 0.3) is 10.9 Å². The average Bonchev–Trinajstić information content (AvgIpc) is 3.33. The Balaban J connectivity index is 1.69. The molecule has 3 heterocycles. The Morgan fingerprint density at radius 3 is 2.58 bits per heavy atom. The van der Waals surface area contributed by atoms with Crippen LogP contribution in [0.1, 0.15) is 37.7 Å². The number of rotatable bonds is 7. The van der Waals surface area contributed by atoms with Crippen LogP contribution in [0.5, 0.6) is 0 Å². The molecule has 0 saturated carbocycles. The summed E-state index contributed by atoms with van der Waals surface area (Å²) in [6, 6.07) is 7.68. The molecule has 0 aliphatic rings. The zero-order chi connectivity index (χ0) is 23.5. The Morgan fingerprint density at radius 1 is 1.15 bits per heavy atom. The molecule has 170 valence electrons. The minimum atomic E-state index is -0.525. The normalized spacial score (nSPS) is 11.0. The predicted molar refractivity (Wildman–Crippen MR) is 119 cm³/mol. The highest BCUT2D eigenvalue weighted by Crippen LogP contribution is 2.23. The van der Waals surface area contributed by atoms with Gasteiger partial charge in [-0.1, -0.05) is 12.1 Å². The van der Waals surface area contributed by atoms with Crippen molar-refractivity contribution < 1.29 is 18.8 Å². The minimum Gasteiger partial charge on any atom is -0.348 e. The molecular weight excluding hydrogens is 427 g/mol. The summed E-state index contributed by atoms with van der Waals surface area (Å²) in [5.74, 6) is -1.15. The van der Waals surface area contributed by atoms with E-state index in [4.69, 9.17) is 0 Å². The SMILES string of the molecule is CONC(=O)c1cc2c(C(=O)NCc3cnn(C)c3C)cn(Cc3ccc(F)cc3)c2cn1. The minimum absolute atomic E-state index is 0.112. The molecular formula is C23H23FN6O3. The third-order valence-corrected chi connectivity index (χ3v) is 5.48. The lowest BCUT2D eigenvalue weighted by Crippen LogP contribution is -2.24. The third kappa shape index (κ3) is 4.60. The Morgan fingerprint density at radius 2 is 1.91 bits per heavy atom. The molecule has 3 aromatic heterocycles. The predicted octanol–water partition coefficient (Wildman–Crippen LogP) is 2.49. The maximum atomic E-state index is 13.3. The second kappa shape index (κ2) is 9.21. The molecule has 9 nitrogen and oxygen atoms in total. The van der Waals surface area contributed by atoms with E-state index in [1.165, 1.54) is 25.4 Å². The largest absolute Gasteiger partial charge is 0.348 e. The molecule has 0 fully saturated rings. The maximum Gasteiger partial charge on any atom is 0.293 e. The first-order valence-corrected chi connectivity index (χ1v) is 10.2. The van der Waals surface area contributed by atoms with Gasteiger partial charge in [0, 0.05) is 43.0 Å². The summed E-state index contributed by atoms with van der Waals surface area (Å²) < 4.78 is 16.9. The molecule has 0 radical (unpaired) electrons. The van der Waals surface area contributed by atoms with Gasteiger partial charge in [-0.05, 0) is 30.7 Å². The molecule has 0 atom stereocenters. The fourth-order valence-electron chi connectivity index (χ4n) is 3.54. The molecule has 0 saturated heterocycles. The van der Waals surface area contributed by atoms with Crippen molar-refractivity contribution in [2.24, 2.45) is 7.05 Å². The fraction of sp³-hybridized carbons (Fsp3) is 0.217. The van der Waals surface area contributed by atoms with Gasteiger partial charge < -0.3 is 9.88 Å². The first kappa shape index (κ1) is 22.2. The summed E-state index contributed by atoms with van der Waals surface area (Å²) in [5.41, 5.74) is 6.11. The number of carbonyl (C=O) groups excluding carboxylic acids is 2. The van der Waals surface area contributed by atoms with Crippen molar-refractivity contribution in [2.75, 3.05) is 7.11 Å². The molecule has 0 bridgehead atoms. The lowest BCUT2D eigenvalue weighted by Gasteiger charge is -2.06. The number of fused-ring (bicyclic) bond motifs is 1. The standard InChI is InChI=1S/C23H23FN6O3/c1-14-16(10-27-29(14)2)9-26-22(31)19-13-30(12-15-4-6-17(24)7-5-15)21-11-25-20(8-18(19)21)23(32)28-33-3/h4-8,10-11,13H,9,12H2,1-3H3,(H,26,31)(H,28,32). The fourth-order valence-corrected chi connectivity index (χ4v) is 3.54. The van der Waals surface area contributed by atoms with Crippen LogP contribution in [0.15, 0.2) is 48.9 Å². The second-order valence-corrected chi connectivity index (χ2v) is 7.58. The highest BCUT2D eigenvalue weighted by atomic mass is 19.1. The topological polar surface area (TPSA) is 103 Å². The number of hydroxylamine groups is 1. The second-order valence-electron chi connectivity index (χ2n) is 7.58. The monoisotopic (exact) mass is 450 g/mol. The van der Waals surface area contributed by atoms with Crippen molar-refractivity contribution in [3.05, 3.63) is 82.8 Å². The Kier molecular flexibility index (Phi) is 6.18. The number of hydrogen-bond donors (Lipinski definition) is 2. The molecule has 0 spiro atoms. The van der Waals surface area contributed by atoms with Gasteiger partial charge in [0.1, 0.15) is 11.5 Å². The van der Waals surface area contributed by atoms with Crippen LogP contribution in [-0.2, 0) is 25.0 Å². The van der Waals surface area contributed by atoms with Gasteiger partial charge in [0.15, 0.2) is 0 Å². The van der Waals surface area contributed by atoms with E-state index in [1.54, 1.807) is 35.3 Å². The van der Waals surface area contributed by atoms with Gasteiger partial charge in [0.05, 0.1) is 30.6 Å². The zero-order valence-corrected chi connectivity index (χ0v) is 18.4. The Hall–Kier alpha value is -4.05. The van der Waals surface area contributed by atoms with Gasteiger partial charge in [0.2, 0.25) is 0 Å². The van der Waals surface area contributed by atoms with Crippen LogP contribution in [0.4, 0.5) is 4.39 Å². The van der Waals surface area contributed by atoms with E-state index in [2.05, 4.69) is 25.7 Å². The number of nitrogens with one attached hydrogen (secondary N) is 2. The van der Waals surface area contributed by atoms with Crippen molar-refractivity contribution in [3.63, 3.8) is 0 Å². The molecule has 0 aliphatic heterocycles. The quantitative estimate of drug-likeness (QED) is 0.421. The number of nitrogens with zero attached hydrogens (tertiary/aromatic N) is 4. The van der Waals surface area contributed by atoms with Crippen LogP contribution < -0.4 is 10.8 Å². The van der Waals surface area contributed by atoms with Crippen molar-refractivity contribution in [1.82, 2.24) is 30.1 Å². The van der Waals surface area contributed by atoms with Gasteiger partial charge in [-0.15, -0.1) is 0 Å². The summed E-state index contributed by atoms with van der Waals surface area (Å²) in [6.45, 7) is 2.64. The lowest BCUT2D eigenvalue weighted by molar-refractivity contribution is 0.0532. The first-order valence-electron chi connectivity index (χ1n) is 10.2. The van der Waals surface area contributed by atoms with E-state index in [9.17, 15) is 14.0 Å². The van der Waals surface area contributed by atoms with Gasteiger partial charge in [-0.3, -0.25) is 19.1 Å². The number of pyridine rings is 1. The molecule has 0 unspecified atom stereocenters.